The average molecular weight is 295 g/mol. The molecule has 2 N–H and O–H groups in total. The van der Waals surface area contributed by atoms with Crippen molar-refractivity contribution in [2.24, 2.45) is 11.7 Å². The first kappa shape index (κ1) is 14.4. The number of hydrogen-bond acceptors (Lipinski definition) is 5. The Hall–Kier alpha value is -0.550. The van der Waals surface area contributed by atoms with E-state index in [1.165, 1.54) is 32.1 Å². The van der Waals surface area contributed by atoms with E-state index < -0.39 is 0 Å². The van der Waals surface area contributed by atoms with Crippen LogP contribution in [0, 0.1) is 5.92 Å². The molecule has 0 spiro atoms. The highest BCUT2D eigenvalue weighted by molar-refractivity contribution is 7.99. The van der Waals surface area contributed by atoms with Gasteiger partial charge >= 0.3 is 0 Å². The highest BCUT2D eigenvalue weighted by Crippen LogP contribution is 2.37. The van der Waals surface area contributed by atoms with E-state index in [1.807, 2.05) is 11.8 Å². The minimum Gasteiger partial charge on any atom is -0.337 e. The second-order valence-corrected chi connectivity index (χ2v) is 7.88. The van der Waals surface area contributed by atoms with Crippen molar-refractivity contribution in [2.75, 3.05) is 0 Å². The number of rotatable bonds is 4. The summed E-state index contributed by atoms with van der Waals surface area (Å²) in [6.07, 6.45) is 9.78. The van der Waals surface area contributed by atoms with Gasteiger partial charge in [-0.05, 0) is 31.6 Å². The molecule has 2 aliphatic carbocycles. The molecule has 112 valence electrons. The van der Waals surface area contributed by atoms with Crippen molar-refractivity contribution in [3.8, 4) is 0 Å². The second kappa shape index (κ2) is 6.06. The first-order valence-electron chi connectivity index (χ1n) is 7.89. The van der Waals surface area contributed by atoms with Crippen molar-refractivity contribution >= 4 is 11.8 Å². The molecule has 3 rings (SSSR count). The van der Waals surface area contributed by atoms with Gasteiger partial charge in [0.25, 0.3) is 0 Å². The molecule has 20 heavy (non-hydrogen) atoms. The van der Waals surface area contributed by atoms with Gasteiger partial charge < -0.3 is 10.3 Å². The molecule has 2 saturated carbocycles. The Labute approximate surface area is 125 Å². The van der Waals surface area contributed by atoms with Gasteiger partial charge in [0, 0.05) is 5.25 Å². The number of hydrogen-bond donors (Lipinski definition) is 1. The normalized spacial score (nSPS) is 31.8. The molecule has 1 aromatic rings. The topological polar surface area (TPSA) is 64.9 Å². The predicted octanol–water partition coefficient (Wildman–Crippen LogP) is 3.61. The van der Waals surface area contributed by atoms with Gasteiger partial charge in [-0.2, -0.15) is 16.7 Å². The van der Waals surface area contributed by atoms with Crippen molar-refractivity contribution in [2.45, 2.75) is 74.8 Å². The molecule has 2 fully saturated rings. The monoisotopic (exact) mass is 295 g/mol. The van der Waals surface area contributed by atoms with Gasteiger partial charge in [-0.1, -0.05) is 37.8 Å². The molecular formula is C15H25N3OS. The van der Waals surface area contributed by atoms with Gasteiger partial charge in [0.1, 0.15) is 0 Å². The number of nitrogens with two attached hydrogens (primary N) is 1. The number of nitrogens with zero attached hydrogens (tertiary/aromatic N) is 2. The summed E-state index contributed by atoms with van der Waals surface area (Å²) in [6, 6.07) is 0. The Morgan fingerprint density at radius 2 is 2.10 bits per heavy atom. The van der Waals surface area contributed by atoms with Gasteiger partial charge in [-0.3, -0.25) is 0 Å². The maximum absolute atomic E-state index is 6.50. The fourth-order valence-corrected chi connectivity index (χ4v) is 4.72. The summed E-state index contributed by atoms with van der Waals surface area (Å²) in [7, 11) is 0. The Kier molecular flexibility index (Phi) is 4.36. The molecule has 0 amide bonds. The predicted molar refractivity (Wildman–Crippen MR) is 81.3 cm³/mol. The minimum atomic E-state index is -0.388. The van der Waals surface area contributed by atoms with Crippen LogP contribution >= 0.6 is 11.8 Å². The third-order valence-electron chi connectivity index (χ3n) is 4.68. The van der Waals surface area contributed by atoms with Gasteiger partial charge in [0.2, 0.25) is 5.89 Å². The molecule has 5 heteroatoms. The highest BCUT2D eigenvalue weighted by Gasteiger charge is 2.37. The molecule has 1 heterocycles. The number of aromatic nitrogens is 2. The number of thioether (sulfide) groups is 1. The van der Waals surface area contributed by atoms with E-state index in [1.54, 1.807) is 0 Å². The molecule has 0 radical (unpaired) electrons. The molecule has 2 unspecified atom stereocenters. The Morgan fingerprint density at radius 3 is 2.85 bits per heavy atom. The van der Waals surface area contributed by atoms with Gasteiger partial charge in [0.05, 0.1) is 11.3 Å². The van der Waals surface area contributed by atoms with Crippen LogP contribution in [0.3, 0.4) is 0 Å². The van der Waals surface area contributed by atoms with Crippen LogP contribution in [0.25, 0.3) is 0 Å². The van der Waals surface area contributed by atoms with Crippen LogP contribution in [-0.4, -0.2) is 15.4 Å². The van der Waals surface area contributed by atoms with Crippen LogP contribution in [-0.2, 0) is 11.3 Å². The van der Waals surface area contributed by atoms with Crippen molar-refractivity contribution in [1.29, 1.82) is 0 Å². The zero-order valence-corrected chi connectivity index (χ0v) is 13.1. The quantitative estimate of drug-likeness (QED) is 0.919. The van der Waals surface area contributed by atoms with Crippen LogP contribution in [0.1, 0.15) is 70.0 Å². The summed E-state index contributed by atoms with van der Waals surface area (Å²) in [5.41, 5.74) is 6.11. The highest BCUT2D eigenvalue weighted by atomic mass is 32.2. The van der Waals surface area contributed by atoms with Crippen molar-refractivity contribution in [1.82, 2.24) is 10.1 Å². The van der Waals surface area contributed by atoms with Crippen LogP contribution in [0.15, 0.2) is 4.52 Å². The largest absolute Gasteiger partial charge is 0.337 e. The van der Waals surface area contributed by atoms with E-state index in [0.29, 0.717) is 11.8 Å². The van der Waals surface area contributed by atoms with Crippen molar-refractivity contribution in [3.63, 3.8) is 0 Å². The summed E-state index contributed by atoms with van der Waals surface area (Å²) >= 11 is 1.97. The zero-order valence-electron chi connectivity index (χ0n) is 12.3. The lowest BCUT2D eigenvalue weighted by Crippen LogP contribution is -2.41. The molecule has 0 aliphatic heterocycles. The van der Waals surface area contributed by atoms with Crippen LogP contribution in [0.5, 0.6) is 0 Å². The summed E-state index contributed by atoms with van der Waals surface area (Å²) in [6.45, 7) is 2.26. The Bertz CT molecular complexity index is 444. The van der Waals surface area contributed by atoms with E-state index in [2.05, 4.69) is 17.1 Å². The summed E-state index contributed by atoms with van der Waals surface area (Å²) in [5, 5.41) is 4.93. The van der Waals surface area contributed by atoms with E-state index in [9.17, 15) is 0 Å². The van der Waals surface area contributed by atoms with Gasteiger partial charge in [-0.25, -0.2) is 0 Å². The van der Waals surface area contributed by atoms with Crippen molar-refractivity contribution < 1.29 is 4.52 Å². The molecule has 4 nitrogen and oxygen atoms in total. The molecule has 1 aromatic heterocycles. The van der Waals surface area contributed by atoms with E-state index in [4.69, 9.17) is 10.3 Å². The fourth-order valence-electron chi connectivity index (χ4n) is 3.55. The maximum Gasteiger partial charge on any atom is 0.246 e. The lowest BCUT2D eigenvalue weighted by Gasteiger charge is -2.33. The first-order chi connectivity index (χ1) is 9.66. The van der Waals surface area contributed by atoms with Crippen LogP contribution in [0.4, 0.5) is 0 Å². The fraction of sp³-hybridized carbons (Fsp3) is 0.867. The molecule has 0 bridgehead atoms. The Morgan fingerprint density at radius 1 is 1.30 bits per heavy atom. The minimum absolute atomic E-state index is 0.388. The smallest absolute Gasteiger partial charge is 0.246 e. The summed E-state index contributed by atoms with van der Waals surface area (Å²) in [5.74, 6) is 2.99. The molecule has 0 saturated heterocycles. The van der Waals surface area contributed by atoms with E-state index in [0.717, 1.165) is 36.1 Å². The molecule has 2 atom stereocenters. The third-order valence-corrected chi connectivity index (χ3v) is 6.04. The molecule has 0 aromatic carbocycles. The Balaban J connectivity index is 1.60. The third kappa shape index (κ3) is 3.19. The molecule has 2 aliphatic rings. The standard InChI is InChI=1S/C15H25N3OS/c1-11-5-4-8-15(16,9-11)14-17-13(18-19-14)10-20-12-6-2-3-7-12/h11-12H,2-10,16H2,1H3. The van der Waals surface area contributed by atoms with E-state index in [-0.39, 0.29) is 5.54 Å². The summed E-state index contributed by atoms with van der Waals surface area (Å²) in [4.78, 5) is 4.58. The van der Waals surface area contributed by atoms with Gasteiger partial charge in [-0.15, -0.1) is 0 Å². The van der Waals surface area contributed by atoms with Crippen molar-refractivity contribution in [3.05, 3.63) is 11.7 Å². The van der Waals surface area contributed by atoms with Gasteiger partial charge in [0.15, 0.2) is 5.82 Å². The zero-order chi connectivity index (χ0) is 14.0. The first-order valence-corrected chi connectivity index (χ1v) is 8.94. The second-order valence-electron chi connectivity index (χ2n) is 6.59. The summed E-state index contributed by atoms with van der Waals surface area (Å²) < 4.78 is 5.47. The lowest BCUT2D eigenvalue weighted by molar-refractivity contribution is 0.183. The maximum atomic E-state index is 6.50. The van der Waals surface area contributed by atoms with E-state index >= 15 is 0 Å². The average Bonchev–Trinajstić information content (AvgIpc) is 3.08. The van der Waals surface area contributed by atoms with Crippen LogP contribution in [0.2, 0.25) is 0 Å². The lowest BCUT2D eigenvalue weighted by atomic mass is 9.77. The molecular weight excluding hydrogens is 270 g/mol. The van der Waals surface area contributed by atoms with Crippen LogP contribution < -0.4 is 5.73 Å². The SMILES string of the molecule is CC1CCCC(N)(c2nc(CSC3CCCC3)no2)C1.